The van der Waals surface area contributed by atoms with E-state index in [1.54, 1.807) is 0 Å². The van der Waals surface area contributed by atoms with Crippen LogP contribution in [0.5, 0.6) is 0 Å². The summed E-state index contributed by atoms with van der Waals surface area (Å²) >= 11 is 3.47. The number of hydrogen-bond donors (Lipinski definition) is 1. The second-order valence-corrected chi connectivity index (χ2v) is 6.43. The van der Waals surface area contributed by atoms with Gasteiger partial charge in [-0.3, -0.25) is 0 Å². The molecule has 20 heavy (non-hydrogen) atoms. The SMILES string of the molecule is CC(C)C(CNCc1ccc(Br)cc1)c1ccccc1. The van der Waals surface area contributed by atoms with Crippen LogP contribution in [-0.4, -0.2) is 6.54 Å². The highest BCUT2D eigenvalue weighted by Crippen LogP contribution is 2.23. The molecular weight excluding hydrogens is 310 g/mol. The molecule has 0 spiro atoms. The summed E-state index contributed by atoms with van der Waals surface area (Å²) in [7, 11) is 0. The van der Waals surface area contributed by atoms with Gasteiger partial charge in [-0.2, -0.15) is 0 Å². The van der Waals surface area contributed by atoms with E-state index in [1.807, 2.05) is 0 Å². The van der Waals surface area contributed by atoms with Crippen molar-refractivity contribution in [2.75, 3.05) is 6.54 Å². The van der Waals surface area contributed by atoms with Crippen molar-refractivity contribution < 1.29 is 0 Å². The van der Waals surface area contributed by atoms with Gasteiger partial charge < -0.3 is 5.32 Å². The van der Waals surface area contributed by atoms with Crippen LogP contribution in [0.1, 0.15) is 30.9 Å². The molecule has 1 unspecified atom stereocenters. The molecule has 0 amide bonds. The molecule has 0 saturated heterocycles. The minimum absolute atomic E-state index is 0.562. The zero-order valence-electron chi connectivity index (χ0n) is 12.1. The summed E-state index contributed by atoms with van der Waals surface area (Å²) in [6.07, 6.45) is 0. The van der Waals surface area contributed by atoms with Crippen LogP contribution in [0, 0.1) is 5.92 Å². The van der Waals surface area contributed by atoms with Crippen LogP contribution >= 0.6 is 15.9 Å². The fourth-order valence-electron chi connectivity index (χ4n) is 2.41. The van der Waals surface area contributed by atoms with Crippen molar-refractivity contribution in [3.8, 4) is 0 Å². The normalized spacial score (nSPS) is 12.6. The van der Waals surface area contributed by atoms with E-state index in [9.17, 15) is 0 Å². The first-order valence-corrected chi connectivity index (χ1v) is 7.96. The summed E-state index contributed by atoms with van der Waals surface area (Å²) in [5, 5.41) is 3.59. The van der Waals surface area contributed by atoms with Crippen LogP contribution in [0.4, 0.5) is 0 Å². The smallest absolute Gasteiger partial charge is 0.0205 e. The maximum Gasteiger partial charge on any atom is 0.0205 e. The first kappa shape index (κ1) is 15.3. The zero-order chi connectivity index (χ0) is 14.4. The average molecular weight is 332 g/mol. The molecule has 0 bridgehead atoms. The molecule has 0 saturated carbocycles. The number of rotatable bonds is 6. The van der Waals surface area contributed by atoms with Crippen molar-refractivity contribution in [1.82, 2.24) is 5.32 Å². The summed E-state index contributed by atoms with van der Waals surface area (Å²) in [5.74, 6) is 1.20. The molecule has 0 aliphatic carbocycles. The number of halogens is 1. The van der Waals surface area contributed by atoms with Gasteiger partial charge in [-0.1, -0.05) is 72.2 Å². The van der Waals surface area contributed by atoms with Crippen molar-refractivity contribution in [2.45, 2.75) is 26.3 Å². The first-order valence-electron chi connectivity index (χ1n) is 7.17. The van der Waals surface area contributed by atoms with E-state index in [0.29, 0.717) is 11.8 Å². The maximum absolute atomic E-state index is 3.59. The summed E-state index contributed by atoms with van der Waals surface area (Å²) in [4.78, 5) is 0. The third-order valence-electron chi connectivity index (χ3n) is 3.64. The Morgan fingerprint density at radius 3 is 2.20 bits per heavy atom. The van der Waals surface area contributed by atoms with Gasteiger partial charge in [0.05, 0.1) is 0 Å². The second kappa shape index (κ2) is 7.61. The zero-order valence-corrected chi connectivity index (χ0v) is 13.7. The maximum atomic E-state index is 3.59. The van der Waals surface area contributed by atoms with Crippen LogP contribution in [-0.2, 0) is 6.54 Å². The monoisotopic (exact) mass is 331 g/mol. The Bertz CT molecular complexity index is 505. The molecule has 1 N–H and O–H groups in total. The molecule has 0 fully saturated rings. The Morgan fingerprint density at radius 1 is 0.950 bits per heavy atom. The van der Waals surface area contributed by atoms with Gasteiger partial charge in [0.1, 0.15) is 0 Å². The molecule has 1 atom stereocenters. The van der Waals surface area contributed by atoms with Gasteiger partial charge >= 0.3 is 0 Å². The van der Waals surface area contributed by atoms with E-state index in [0.717, 1.165) is 17.6 Å². The van der Waals surface area contributed by atoms with Crippen LogP contribution in [0.3, 0.4) is 0 Å². The second-order valence-electron chi connectivity index (χ2n) is 5.52. The van der Waals surface area contributed by atoms with Crippen molar-refractivity contribution >= 4 is 15.9 Å². The third kappa shape index (κ3) is 4.46. The molecule has 1 nitrogen and oxygen atoms in total. The Kier molecular flexibility index (Phi) is 5.81. The predicted octanol–water partition coefficient (Wildman–Crippen LogP) is 4.98. The predicted molar refractivity (Wildman–Crippen MR) is 89.9 cm³/mol. The largest absolute Gasteiger partial charge is 0.312 e. The molecule has 0 radical (unpaired) electrons. The van der Waals surface area contributed by atoms with Crippen LogP contribution in [0.15, 0.2) is 59.1 Å². The fraction of sp³-hybridized carbons (Fsp3) is 0.333. The Morgan fingerprint density at radius 2 is 1.60 bits per heavy atom. The van der Waals surface area contributed by atoms with Crippen molar-refractivity contribution in [3.05, 3.63) is 70.2 Å². The molecule has 0 aromatic heterocycles. The summed E-state index contributed by atoms with van der Waals surface area (Å²) < 4.78 is 1.13. The van der Waals surface area contributed by atoms with E-state index in [1.165, 1.54) is 11.1 Å². The molecule has 0 aliphatic heterocycles. The fourth-order valence-corrected chi connectivity index (χ4v) is 2.68. The lowest BCUT2D eigenvalue weighted by atomic mass is 9.88. The number of hydrogen-bond acceptors (Lipinski definition) is 1. The van der Waals surface area contributed by atoms with Crippen molar-refractivity contribution in [2.24, 2.45) is 5.92 Å². The molecule has 2 aromatic rings. The minimum Gasteiger partial charge on any atom is -0.312 e. The van der Waals surface area contributed by atoms with Gasteiger partial charge in [0.25, 0.3) is 0 Å². The standard InChI is InChI=1S/C18H22BrN/c1-14(2)18(16-6-4-3-5-7-16)13-20-12-15-8-10-17(19)11-9-15/h3-11,14,18,20H,12-13H2,1-2H3. The van der Waals surface area contributed by atoms with Gasteiger partial charge in [-0.25, -0.2) is 0 Å². The van der Waals surface area contributed by atoms with Gasteiger partial charge in [0.2, 0.25) is 0 Å². The van der Waals surface area contributed by atoms with Crippen molar-refractivity contribution in [1.29, 1.82) is 0 Å². The lowest BCUT2D eigenvalue weighted by molar-refractivity contribution is 0.461. The van der Waals surface area contributed by atoms with Gasteiger partial charge in [-0.05, 0) is 35.1 Å². The van der Waals surface area contributed by atoms with Crippen LogP contribution in [0.25, 0.3) is 0 Å². The van der Waals surface area contributed by atoms with E-state index >= 15 is 0 Å². The van der Waals surface area contributed by atoms with Crippen LogP contribution < -0.4 is 5.32 Å². The van der Waals surface area contributed by atoms with E-state index < -0.39 is 0 Å². The highest BCUT2D eigenvalue weighted by Gasteiger charge is 2.14. The highest BCUT2D eigenvalue weighted by molar-refractivity contribution is 9.10. The molecule has 0 aliphatic rings. The first-order chi connectivity index (χ1) is 9.66. The van der Waals surface area contributed by atoms with Gasteiger partial charge in [0, 0.05) is 17.6 Å². The van der Waals surface area contributed by atoms with Crippen molar-refractivity contribution in [3.63, 3.8) is 0 Å². The molecule has 2 heteroatoms. The van der Waals surface area contributed by atoms with Gasteiger partial charge in [0.15, 0.2) is 0 Å². The molecule has 2 aromatic carbocycles. The molecule has 106 valence electrons. The summed E-state index contributed by atoms with van der Waals surface area (Å²) in [6.45, 7) is 6.51. The Balaban J connectivity index is 1.91. The number of benzene rings is 2. The average Bonchev–Trinajstić information content (AvgIpc) is 2.46. The van der Waals surface area contributed by atoms with Crippen LogP contribution in [0.2, 0.25) is 0 Å². The van der Waals surface area contributed by atoms with Gasteiger partial charge in [-0.15, -0.1) is 0 Å². The lowest BCUT2D eigenvalue weighted by Gasteiger charge is -2.22. The van der Waals surface area contributed by atoms with E-state index in [-0.39, 0.29) is 0 Å². The molecule has 2 rings (SSSR count). The topological polar surface area (TPSA) is 12.0 Å². The highest BCUT2D eigenvalue weighted by atomic mass is 79.9. The summed E-state index contributed by atoms with van der Waals surface area (Å²) in [6, 6.07) is 19.3. The Hall–Kier alpha value is -1.12. The summed E-state index contributed by atoms with van der Waals surface area (Å²) in [5.41, 5.74) is 2.74. The lowest BCUT2D eigenvalue weighted by Crippen LogP contribution is -2.24. The minimum atomic E-state index is 0.562. The van der Waals surface area contributed by atoms with E-state index in [2.05, 4.69) is 89.7 Å². The quantitative estimate of drug-likeness (QED) is 0.787. The molecular formula is C18H22BrN. The Labute approximate surface area is 130 Å². The number of nitrogens with one attached hydrogen (secondary N) is 1. The third-order valence-corrected chi connectivity index (χ3v) is 4.17. The van der Waals surface area contributed by atoms with E-state index in [4.69, 9.17) is 0 Å². The molecule has 0 heterocycles.